The number of likely N-dealkylation sites (tertiary alicyclic amines) is 1. The van der Waals surface area contributed by atoms with Gasteiger partial charge in [-0.05, 0) is 50.5 Å². The lowest BCUT2D eigenvalue weighted by Crippen LogP contribution is -2.49. The molecule has 1 aromatic carbocycles. The smallest absolute Gasteiger partial charge is 0.312 e. The number of nitrogens with zero attached hydrogens (tertiary/aromatic N) is 2. The van der Waals surface area contributed by atoms with Crippen molar-refractivity contribution in [1.82, 2.24) is 4.90 Å². The molecule has 0 unspecified atom stereocenters. The second-order valence-electron chi connectivity index (χ2n) is 8.70. The predicted molar refractivity (Wildman–Crippen MR) is 116 cm³/mol. The largest absolute Gasteiger partial charge is 0.466 e. The van der Waals surface area contributed by atoms with Crippen LogP contribution in [0.5, 0.6) is 0 Å². The molecule has 0 aliphatic carbocycles. The van der Waals surface area contributed by atoms with Gasteiger partial charge < -0.3 is 14.5 Å². The minimum Gasteiger partial charge on any atom is -0.466 e. The Hall–Kier alpha value is -2.37. The Bertz CT molecular complexity index is 752. The van der Waals surface area contributed by atoms with Gasteiger partial charge in [0, 0.05) is 19.5 Å². The number of carbonyl (C=O) groups excluding carboxylic acids is 2. The van der Waals surface area contributed by atoms with Crippen LogP contribution >= 0.6 is 0 Å². The summed E-state index contributed by atoms with van der Waals surface area (Å²) < 4.78 is 5.44. The minimum atomic E-state index is -0.518. The zero-order valence-electron chi connectivity index (χ0n) is 18.4. The zero-order valence-corrected chi connectivity index (χ0v) is 18.4. The van der Waals surface area contributed by atoms with E-state index < -0.39 is 11.5 Å². The van der Waals surface area contributed by atoms with Crippen LogP contribution in [0, 0.1) is 11.3 Å². The van der Waals surface area contributed by atoms with Crippen LogP contribution in [0.25, 0.3) is 0 Å². The number of oxime groups is 1. The number of hydrogen-bond acceptors (Lipinski definition) is 5. The summed E-state index contributed by atoms with van der Waals surface area (Å²) in [5, 5.41) is 4.08. The third kappa shape index (κ3) is 5.21. The van der Waals surface area contributed by atoms with E-state index in [1.165, 1.54) is 5.56 Å². The first-order chi connectivity index (χ1) is 14.4. The highest BCUT2D eigenvalue weighted by atomic mass is 16.6. The molecule has 0 aromatic heterocycles. The van der Waals surface area contributed by atoms with Crippen LogP contribution < -0.4 is 0 Å². The molecule has 0 spiro atoms. The van der Waals surface area contributed by atoms with Gasteiger partial charge in [0.05, 0.1) is 17.7 Å². The Morgan fingerprint density at radius 2 is 1.93 bits per heavy atom. The van der Waals surface area contributed by atoms with Crippen molar-refractivity contribution in [3.63, 3.8) is 0 Å². The summed E-state index contributed by atoms with van der Waals surface area (Å²) in [5.41, 5.74) is 1.72. The second-order valence-corrected chi connectivity index (χ2v) is 8.70. The quantitative estimate of drug-likeness (QED) is 0.604. The lowest BCUT2D eigenvalue weighted by molar-refractivity contribution is -0.162. The normalized spacial score (nSPS) is 20.6. The number of amides is 1. The number of ether oxygens (including phenoxy) is 1. The molecule has 1 aromatic rings. The summed E-state index contributed by atoms with van der Waals surface area (Å²) >= 11 is 0. The van der Waals surface area contributed by atoms with Crippen molar-refractivity contribution in [2.45, 2.75) is 65.4 Å². The van der Waals surface area contributed by atoms with E-state index in [-0.39, 0.29) is 17.8 Å². The molecule has 0 radical (unpaired) electrons. The number of benzene rings is 1. The Morgan fingerprint density at radius 1 is 1.23 bits per heavy atom. The van der Waals surface area contributed by atoms with Crippen LogP contribution in [0.4, 0.5) is 0 Å². The maximum atomic E-state index is 12.9. The topological polar surface area (TPSA) is 68.2 Å². The number of piperidine rings is 1. The molecule has 2 heterocycles. The molecule has 1 saturated heterocycles. The fourth-order valence-electron chi connectivity index (χ4n) is 4.34. The summed E-state index contributed by atoms with van der Waals surface area (Å²) in [6.45, 7) is 7.45. The maximum Gasteiger partial charge on any atom is 0.312 e. The van der Waals surface area contributed by atoms with Gasteiger partial charge in [0.1, 0.15) is 0 Å². The maximum absolute atomic E-state index is 12.9. The van der Waals surface area contributed by atoms with E-state index in [9.17, 15) is 9.59 Å². The SMILES string of the molecule is CCOC(=O)C1(CCCc2ccccc2)CCN(C(=O)[C@H]2CC(C(C)C)=NO2)CC1. The first-order valence-corrected chi connectivity index (χ1v) is 11.2. The summed E-state index contributed by atoms with van der Waals surface area (Å²) in [6, 6.07) is 10.3. The van der Waals surface area contributed by atoms with Gasteiger partial charge in [-0.1, -0.05) is 49.3 Å². The molecule has 1 amide bonds. The fraction of sp³-hybridized carbons (Fsp3) is 0.625. The van der Waals surface area contributed by atoms with Gasteiger partial charge in [0.25, 0.3) is 5.91 Å². The van der Waals surface area contributed by atoms with Gasteiger partial charge in [-0.3, -0.25) is 9.59 Å². The van der Waals surface area contributed by atoms with Gasteiger partial charge in [0.15, 0.2) is 0 Å². The number of carbonyl (C=O) groups is 2. The minimum absolute atomic E-state index is 0.0175. The summed E-state index contributed by atoms with van der Waals surface area (Å²) in [6.07, 6.45) is 3.96. The van der Waals surface area contributed by atoms with Gasteiger partial charge in [-0.2, -0.15) is 0 Å². The highest BCUT2D eigenvalue weighted by Gasteiger charge is 2.44. The van der Waals surface area contributed by atoms with Crippen molar-refractivity contribution in [2.75, 3.05) is 19.7 Å². The predicted octanol–water partition coefficient (Wildman–Crippen LogP) is 3.98. The van der Waals surface area contributed by atoms with Gasteiger partial charge in [-0.15, -0.1) is 0 Å². The van der Waals surface area contributed by atoms with E-state index in [4.69, 9.17) is 9.57 Å². The Labute approximate surface area is 179 Å². The molecule has 2 aliphatic rings. The lowest BCUT2D eigenvalue weighted by Gasteiger charge is -2.40. The summed E-state index contributed by atoms with van der Waals surface area (Å²) in [5.74, 6) is 0.147. The van der Waals surface area contributed by atoms with Crippen molar-refractivity contribution in [3.05, 3.63) is 35.9 Å². The fourth-order valence-corrected chi connectivity index (χ4v) is 4.34. The third-order valence-electron chi connectivity index (χ3n) is 6.34. The average molecular weight is 415 g/mol. The molecule has 0 bridgehead atoms. The third-order valence-corrected chi connectivity index (χ3v) is 6.34. The number of aryl methyl sites for hydroxylation is 1. The zero-order chi connectivity index (χ0) is 21.6. The van der Waals surface area contributed by atoms with E-state index >= 15 is 0 Å². The monoisotopic (exact) mass is 414 g/mol. The van der Waals surface area contributed by atoms with Crippen LogP contribution in [0.3, 0.4) is 0 Å². The molecule has 1 fully saturated rings. The summed E-state index contributed by atoms with van der Waals surface area (Å²) in [7, 11) is 0. The molecular weight excluding hydrogens is 380 g/mol. The van der Waals surface area contributed by atoms with Gasteiger partial charge in [-0.25, -0.2) is 0 Å². The average Bonchev–Trinajstić information content (AvgIpc) is 3.25. The van der Waals surface area contributed by atoms with Crippen LogP contribution in [-0.2, 0) is 25.6 Å². The van der Waals surface area contributed by atoms with Crippen LogP contribution in [-0.4, -0.2) is 48.3 Å². The molecule has 0 N–H and O–H groups in total. The van der Waals surface area contributed by atoms with E-state index in [1.807, 2.05) is 30.0 Å². The Morgan fingerprint density at radius 3 is 2.53 bits per heavy atom. The van der Waals surface area contributed by atoms with Crippen molar-refractivity contribution in [2.24, 2.45) is 16.5 Å². The van der Waals surface area contributed by atoms with Crippen LogP contribution in [0.2, 0.25) is 0 Å². The van der Waals surface area contributed by atoms with Crippen molar-refractivity contribution < 1.29 is 19.2 Å². The first-order valence-electron chi connectivity index (χ1n) is 11.2. The van der Waals surface area contributed by atoms with Crippen LogP contribution in [0.15, 0.2) is 35.5 Å². The van der Waals surface area contributed by atoms with Crippen LogP contribution in [0.1, 0.15) is 58.4 Å². The molecule has 30 heavy (non-hydrogen) atoms. The Balaban J connectivity index is 1.57. The van der Waals surface area contributed by atoms with Gasteiger partial charge in [0.2, 0.25) is 6.10 Å². The van der Waals surface area contributed by atoms with E-state index in [0.29, 0.717) is 39.0 Å². The second kappa shape index (κ2) is 10.1. The lowest BCUT2D eigenvalue weighted by atomic mass is 9.74. The van der Waals surface area contributed by atoms with Crippen molar-refractivity contribution >= 4 is 17.6 Å². The van der Waals surface area contributed by atoms with Crippen molar-refractivity contribution in [3.8, 4) is 0 Å². The number of esters is 1. The number of rotatable bonds is 8. The van der Waals surface area contributed by atoms with E-state index in [1.54, 1.807) is 0 Å². The highest BCUT2D eigenvalue weighted by molar-refractivity contribution is 5.94. The molecule has 0 saturated carbocycles. The van der Waals surface area contributed by atoms with E-state index in [0.717, 1.165) is 25.0 Å². The molecule has 1 atom stereocenters. The van der Waals surface area contributed by atoms with Crippen molar-refractivity contribution in [1.29, 1.82) is 0 Å². The summed E-state index contributed by atoms with van der Waals surface area (Å²) in [4.78, 5) is 33.0. The first kappa shape index (κ1) is 22.3. The molecule has 164 valence electrons. The van der Waals surface area contributed by atoms with Gasteiger partial charge >= 0.3 is 5.97 Å². The molecule has 2 aliphatic heterocycles. The standard InChI is InChI=1S/C24H34N2O4/c1-4-29-23(28)24(12-8-11-19-9-6-5-7-10-19)13-15-26(16-14-24)22(27)21-17-20(18(2)3)25-30-21/h5-7,9-10,18,21H,4,8,11-17H2,1-3H3/t21-/m1/s1. The molecule has 6 heteroatoms. The molecule has 6 nitrogen and oxygen atoms in total. The highest BCUT2D eigenvalue weighted by Crippen LogP contribution is 2.38. The van der Waals surface area contributed by atoms with E-state index in [2.05, 4.69) is 31.1 Å². The molecular formula is C24H34N2O4. The molecule has 3 rings (SSSR count). The number of hydrogen-bond donors (Lipinski definition) is 0. The Kier molecular flexibility index (Phi) is 7.51.